The number of rotatable bonds is 8. The van der Waals surface area contributed by atoms with Gasteiger partial charge in [-0.3, -0.25) is 4.79 Å². The van der Waals surface area contributed by atoms with Gasteiger partial charge in [0.25, 0.3) is 0 Å². The van der Waals surface area contributed by atoms with Crippen LogP contribution in [0.25, 0.3) is 0 Å². The molecule has 17 heavy (non-hydrogen) atoms. The molecular formula is C14H22N2O. The SMILES string of the molecule is CCCCNCC(=O)NCCc1ccccc1. The smallest absolute Gasteiger partial charge is 0.233 e. The van der Waals surface area contributed by atoms with Crippen LogP contribution in [-0.2, 0) is 11.2 Å². The van der Waals surface area contributed by atoms with E-state index >= 15 is 0 Å². The molecule has 1 rings (SSSR count). The summed E-state index contributed by atoms with van der Waals surface area (Å²) in [5, 5.41) is 6.03. The molecule has 0 saturated carbocycles. The molecule has 0 aliphatic carbocycles. The van der Waals surface area contributed by atoms with Gasteiger partial charge >= 0.3 is 0 Å². The lowest BCUT2D eigenvalue weighted by Gasteiger charge is -2.06. The summed E-state index contributed by atoms with van der Waals surface area (Å²) in [7, 11) is 0. The van der Waals surface area contributed by atoms with Crippen LogP contribution >= 0.6 is 0 Å². The summed E-state index contributed by atoms with van der Waals surface area (Å²) in [5.41, 5.74) is 1.26. The van der Waals surface area contributed by atoms with Crippen molar-refractivity contribution in [3.63, 3.8) is 0 Å². The lowest BCUT2D eigenvalue weighted by Crippen LogP contribution is -2.35. The predicted octanol–water partition coefficient (Wildman–Crippen LogP) is 1.73. The summed E-state index contributed by atoms with van der Waals surface area (Å²) in [6.07, 6.45) is 3.17. The van der Waals surface area contributed by atoms with Crippen LogP contribution in [0.5, 0.6) is 0 Å². The first-order chi connectivity index (χ1) is 8.33. The molecule has 0 radical (unpaired) electrons. The number of carbonyl (C=O) groups is 1. The fourth-order valence-corrected chi connectivity index (χ4v) is 1.56. The fraction of sp³-hybridized carbons (Fsp3) is 0.500. The molecule has 1 amide bonds. The number of benzene rings is 1. The van der Waals surface area contributed by atoms with Crippen molar-refractivity contribution >= 4 is 5.91 Å². The Bertz CT molecular complexity index is 311. The summed E-state index contributed by atoms with van der Waals surface area (Å²) in [4.78, 5) is 11.4. The third-order valence-corrected chi connectivity index (χ3v) is 2.57. The Hall–Kier alpha value is -1.35. The fourth-order valence-electron chi connectivity index (χ4n) is 1.56. The van der Waals surface area contributed by atoms with E-state index in [0.29, 0.717) is 13.1 Å². The zero-order chi connectivity index (χ0) is 12.3. The molecule has 0 atom stereocenters. The Labute approximate surface area is 104 Å². The third-order valence-electron chi connectivity index (χ3n) is 2.57. The van der Waals surface area contributed by atoms with Gasteiger partial charge in [-0.15, -0.1) is 0 Å². The van der Waals surface area contributed by atoms with Gasteiger partial charge in [-0.2, -0.15) is 0 Å². The van der Waals surface area contributed by atoms with E-state index in [9.17, 15) is 4.79 Å². The highest BCUT2D eigenvalue weighted by molar-refractivity contribution is 5.77. The minimum absolute atomic E-state index is 0.0806. The van der Waals surface area contributed by atoms with Gasteiger partial charge in [0.1, 0.15) is 0 Å². The van der Waals surface area contributed by atoms with Crippen molar-refractivity contribution in [2.75, 3.05) is 19.6 Å². The van der Waals surface area contributed by atoms with Gasteiger partial charge in [0.05, 0.1) is 6.54 Å². The maximum atomic E-state index is 11.4. The van der Waals surface area contributed by atoms with Gasteiger partial charge in [0.2, 0.25) is 5.91 Å². The Balaban J connectivity index is 2.04. The van der Waals surface area contributed by atoms with Gasteiger partial charge in [-0.1, -0.05) is 43.7 Å². The number of hydrogen-bond donors (Lipinski definition) is 2. The van der Waals surface area contributed by atoms with Crippen LogP contribution in [0.1, 0.15) is 25.3 Å². The number of amides is 1. The average molecular weight is 234 g/mol. The van der Waals surface area contributed by atoms with Crippen LogP contribution in [0.3, 0.4) is 0 Å². The highest BCUT2D eigenvalue weighted by Crippen LogP contribution is 1.97. The van der Waals surface area contributed by atoms with Gasteiger partial charge in [-0.25, -0.2) is 0 Å². The maximum absolute atomic E-state index is 11.4. The largest absolute Gasteiger partial charge is 0.355 e. The van der Waals surface area contributed by atoms with E-state index in [4.69, 9.17) is 0 Å². The van der Waals surface area contributed by atoms with E-state index in [1.54, 1.807) is 0 Å². The van der Waals surface area contributed by atoms with E-state index in [1.165, 1.54) is 5.56 Å². The van der Waals surface area contributed by atoms with Crippen molar-refractivity contribution in [3.05, 3.63) is 35.9 Å². The number of nitrogens with one attached hydrogen (secondary N) is 2. The molecule has 1 aromatic rings. The number of carbonyl (C=O) groups excluding carboxylic acids is 1. The second kappa shape index (κ2) is 8.76. The van der Waals surface area contributed by atoms with Crippen molar-refractivity contribution in [1.82, 2.24) is 10.6 Å². The second-order valence-corrected chi connectivity index (χ2v) is 4.12. The Morgan fingerprint density at radius 2 is 1.94 bits per heavy atom. The standard InChI is InChI=1S/C14H22N2O/c1-2-3-10-15-12-14(17)16-11-9-13-7-5-4-6-8-13/h4-8,15H,2-3,9-12H2,1H3,(H,16,17). The Kier molecular flexibility index (Phi) is 7.07. The van der Waals surface area contributed by atoms with E-state index in [2.05, 4.69) is 29.7 Å². The summed E-state index contributed by atoms with van der Waals surface area (Å²) in [6, 6.07) is 10.2. The first kappa shape index (κ1) is 13.7. The highest BCUT2D eigenvalue weighted by Gasteiger charge is 1.99. The molecule has 0 aliphatic heterocycles. The van der Waals surface area contributed by atoms with Crippen molar-refractivity contribution in [2.24, 2.45) is 0 Å². The summed E-state index contributed by atoms with van der Waals surface area (Å²) >= 11 is 0. The number of unbranched alkanes of at least 4 members (excludes halogenated alkanes) is 1. The summed E-state index contributed by atoms with van der Waals surface area (Å²) in [6.45, 7) is 4.19. The van der Waals surface area contributed by atoms with E-state index in [1.807, 2.05) is 18.2 Å². The summed E-state index contributed by atoms with van der Waals surface area (Å²) in [5.74, 6) is 0.0806. The van der Waals surface area contributed by atoms with Crippen LogP contribution in [-0.4, -0.2) is 25.5 Å². The van der Waals surface area contributed by atoms with Crippen molar-refractivity contribution < 1.29 is 4.79 Å². The first-order valence-corrected chi connectivity index (χ1v) is 6.34. The Morgan fingerprint density at radius 1 is 1.18 bits per heavy atom. The second-order valence-electron chi connectivity index (χ2n) is 4.12. The molecule has 0 aliphatic rings. The molecular weight excluding hydrogens is 212 g/mol. The molecule has 0 bridgehead atoms. The molecule has 0 spiro atoms. The molecule has 94 valence electrons. The van der Waals surface area contributed by atoms with Gasteiger partial charge in [-0.05, 0) is 24.9 Å². The van der Waals surface area contributed by atoms with Gasteiger partial charge in [0, 0.05) is 6.54 Å². The molecule has 0 unspecified atom stereocenters. The number of hydrogen-bond acceptors (Lipinski definition) is 2. The molecule has 2 N–H and O–H groups in total. The minimum atomic E-state index is 0.0806. The normalized spacial score (nSPS) is 10.2. The molecule has 3 heteroatoms. The molecule has 1 aromatic carbocycles. The molecule has 0 fully saturated rings. The third kappa shape index (κ3) is 6.74. The zero-order valence-electron chi connectivity index (χ0n) is 10.5. The van der Waals surface area contributed by atoms with Crippen LogP contribution in [0.15, 0.2) is 30.3 Å². The zero-order valence-corrected chi connectivity index (χ0v) is 10.5. The lowest BCUT2D eigenvalue weighted by atomic mass is 10.1. The molecule has 0 heterocycles. The van der Waals surface area contributed by atoms with Crippen LogP contribution in [0.4, 0.5) is 0 Å². The Morgan fingerprint density at radius 3 is 2.65 bits per heavy atom. The topological polar surface area (TPSA) is 41.1 Å². The predicted molar refractivity (Wildman–Crippen MR) is 70.9 cm³/mol. The van der Waals surface area contributed by atoms with Crippen LogP contribution in [0, 0.1) is 0 Å². The molecule has 3 nitrogen and oxygen atoms in total. The highest BCUT2D eigenvalue weighted by atomic mass is 16.1. The van der Waals surface area contributed by atoms with Crippen LogP contribution < -0.4 is 10.6 Å². The van der Waals surface area contributed by atoms with Crippen molar-refractivity contribution in [3.8, 4) is 0 Å². The van der Waals surface area contributed by atoms with Gasteiger partial charge < -0.3 is 10.6 Å². The molecule has 0 aromatic heterocycles. The average Bonchev–Trinajstić information content (AvgIpc) is 2.36. The first-order valence-electron chi connectivity index (χ1n) is 6.34. The van der Waals surface area contributed by atoms with E-state index in [0.717, 1.165) is 25.8 Å². The van der Waals surface area contributed by atoms with E-state index < -0.39 is 0 Å². The maximum Gasteiger partial charge on any atom is 0.233 e. The lowest BCUT2D eigenvalue weighted by molar-refractivity contribution is -0.120. The molecule has 0 saturated heterocycles. The minimum Gasteiger partial charge on any atom is -0.355 e. The summed E-state index contributed by atoms with van der Waals surface area (Å²) < 4.78 is 0. The quantitative estimate of drug-likeness (QED) is 0.673. The van der Waals surface area contributed by atoms with Crippen molar-refractivity contribution in [1.29, 1.82) is 0 Å². The van der Waals surface area contributed by atoms with Gasteiger partial charge in [0.15, 0.2) is 0 Å². The van der Waals surface area contributed by atoms with E-state index in [-0.39, 0.29) is 5.91 Å². The monoisotopic (exact) mass is 234 g/mol. The van der Waals surface area contributed by atoms with Crippen molar-refractivity contribution in [2.45, 2.75) is 26.2 Å². The van der Waals surface area contributed by atoms with Crippen LogP contribution in [0.2, 0.25) is 0 Å².